The molecule has 0 unspecified atom stereocenters. The van der Waals surface area contributed by atoms with Crippen molar-refractivity contribution in [2.45, 2.75) is 11.8 Å². The van der Waals surface area contributed by atoms with E-state index < -0.39 is 15.8 Å². The van der Waals surface area contributed by atoms with Gasteiger partial charge in [-0.1, -0.05) is 12.1 Å². The van der Waals surface area contributed by atoms with Crippen LogP contribution < -0.4 is 14.8 Å². The lowest BCUT2D eigenvalue weighted by atomic mass is 10.2. The molecule has 8 heteroatoms. The first kappa shape index (κ1) is 18.7. The Morgan fingerprint density at radius 1 is 1.07 bits per heavy atom. The molecule has 0 fully saturated rings. The van der Waals surface area contributed by atoms with Crippen LogP contribution in [0.4, 0.5) is 21.6 Å². The third kappa shape index (κ3) is 4.35. The normalized spacial score (nSPS) is 11.1. The fraction of sp³-hybridized carbons (Fsp3) is 0.105. The molecular formula is C19H18FN3O3S. The molecule has 3 aromatic rings. The van der Waals surface area contributed by atoms with Gasteiger partial charge < -0.3 is 10.1 Å². The quantitative estimate of drug-likeness (QED) is 0.666. The standard InChI is InChI=1S/C19H18FN3O3S/c1-13-11-14(20)7-9-18(13)27(24,25)23-15-8-10-19(21-12-15)22-16-5-3-4-6-17(16)26-2/h3-12,23H,1-2H3,(H,21,22). The van der Waals surface area contributed by atoms with Crippen molar-refractivity contribution in [3.63, 3.8) is 0 Å². The molecule has 2 N–H and O–H groups in total. The predicted octanol–water partition coefficient (Wildman–Crippen LogP) is 4.08. The first-order valence-corrected chi connectivity index (χ1v) is 9.52. The van der Waals surface area contributed by atoms with E-state index in [0.717, 1.165) is 11.8 Å². The number of nitrogens with zero attached hydrogens (tertiary/aromatic N) is 1. The molecule has 3 rings (SSSR count). The molecule has 0 aliphatic carbocycles. The maximum absolute atomic E-state index is 13.2. The molecule has 0 amide bonds. The summed E-state index contributed by atoms with van der Waals surface area (Å²) in [6.45, 7) is 1.54. The Balaban J connectivity index is 1.77. The third-order valence-electron chi connectivity index (χ3n) is 3.81. The summed E-state index contributed by atoms with van der Waals surface area (Å²) in [4.78, 5) is 4.22. The van der Waals surface area contributed by atoms with Gasteiger partial charge in [-0.15, -0.1) is 0 Å². The Morgan fingerprint density at radius 2 is 1.85 bits per heavy atom. The molecule has 0 atom stereocenters. The van der Waals surface area contributed by atoms with E-state index in [4.69, 9.17) is 4.74 Å². The van der Waals surface area contributed by atoms with Crippen molar-refractivity contribution in [3.8, 4) is 5.75 Å². The van der Waals surface area contributed by atoms with Crippen molar-refractivity contribution in [2.24, 2.45) is 0 Å². The minimum Gasteiger partial charge on any atom is -0.495 e. The van der Waals surface area contributed by atoms with E-state index in [2.05, 4.69) is 15.0 Å². The predicted molar refractivity (Wildman–Crippen MR) is 102 cm³/mol. The molecule has 6 nitrogen and oxygen atoms in total. The van der Waals surface area contributed by atoms with Crippen molar-refractivity contribution in [2.75, 3.05) is 17.1 Å². The van der Waals surface area contributed by atoms with E-state index >= 15 is 0 Å². The Hall–Kier alpha value is -3.13. The average Bonchev–Trinajstić information content (AvgIpc) is 2.63. The topological polar surface area (TPSA) is 80.3 Å². The van der Waals surface area contributed by atoms with Crippen molar-refractivity contribution in [1.29, 1.82) is 0 Å². The second-order valence-electron chi connectivity index (χ2n) is 5.77. The molecule has 0 bridgehead atoms. The van der Waals surface area contributed by atoms with Crippen LogP contribution in [0, 0.1) is 12.7 Å². The Kier molecular flexibility index (Phi) is 5.27. The van der Waals surface area contributed by atoms with E-state index in [1.54, 1.807) is 19.2 Å². The monoisotopic (exact) mass is 387 g/mol. The fourth-order valence-corrected chi connectivity index (χ4v) is 3.81. The number of halogens is 1. The molecule has 2 aromatic carbocycles. The third-order valence-corrected chi connectivity index (χ3v) is 5.35. The van der Waals surface area contributed by atoms with Gasteiger partial charge in [0, 0.05) is 0 Å². The summed E-state index contributed by atoms with van der Waals surface area (Å²) in [6.07, 6.45) is 1.40. The molecule has 1 heterocycles. The highest BCUT2D eigenvalue weighted by molar-refractivity contribution is 7.92. The number of anilines is 3. The first-order chi connectivity index (χ1) is 12.9. The zero-order valence-corrected chi connectivity index (χ0v) is 15.5. The molecule has 0 aliphatic heterocycles. The van der Waals surface area contributed by atoms with Crippen LogP contribution in [0.15, 0.2) is 65.7 Å². The zero-order valence-electron chi connectivity index (χ0n) is 14.7. The summed E-state index contributed by atoms with van der Waals surface area (Å²) < 4.78 is 45.9. The minimum absolute atomic E-state index is 0.0140. The van der Waals surface area contributed by atoms with E-state index in [1.807, 2.05) is 24.3 Å². The summed E-state index contributed by atoms with van der Waals surface area (Å²) in [5.41, 5.74) is 1.36. The van der Waals surface area contributed by atoms with E-state index in [1.165, 1.54) is 25.3 Å². The van der Waals surface area contributed by atoms with E-state index in [9.17, 15) is 12.8 Å². The minimum atomic E-state index is -3.84. The second-order valence-corrected chi connectivity index (χ2v) is 7.42. The number of rotatable bonds is 6. The summed E-state index contributed by atoms with van der Waals surface area (Å²) in [6, 6.07) is 14.1. The molecule has 0 aliphatic rings. The number of aryl methyl sites for hydroxylation is 1. The van der Waals surface area contributed by atoms with Gasteiger partial charge in [-0.2, -0.15) is 0 Å². The number of benzene rings is 2. The zero-order chi connectivity index (χ0) is 19.4. The number of hydrogen-bond acceptors (Lipinski definition) is 5. The van der Waals surface area contributed by atoms with Crippen molar-refractivity contribution in [3.05, 3.63) is 72.2 Å². The largest absolute Gasteiger partial charge is 0.495 e. The average molecular weight is 387 g/mol. The van der Waals surface area contributed by atoms with Gasteiger partial charge in [0.15, 0.2) is 0 Å². The van der Waals surface area contributed by atoms with Crippen molar-refractivity contribution in [1.82, 2.24) is 4.98 Å². The number of pyridine rings is 1. The number of ether oxygens (including phenoxy) is 1. The van der Waals surface area contributed by atoms with Crippen LogP contribution in [-0.4, -0.2) is 20.5 Å². The molecule has 0 spiro atoms. The van der Waals surface area contributed by atoms with Crippen LogP contribution in [0.5, 0.6) is 5.75 Å². The molecule has 140 valence electrons. The van der Waals surface area contributed by atoms with Gasteiger partial charge >= 0.3 is 0 Å². The number of nitrogens with one attached hydrogen (secondary N) is 2. The maximum Gasteiger partial charge on any atom is 0.262 e. The Morgan fingerprint density at radius 3 is 2.52 bits per heavy atom. The van der Waals surface area contributed by atoms with Crippen LogP contribution in [0.1, 0.15) is 5.56 Å². The van der Waals surface area contributed by atoms with Gasteiger partial charge in [0.1, 0.15) is 17.4 Å². The van der Waals surface area contributed by atoms with Crippen LogP contribution >= 0.6 is 0 Å². The molecule has 0 saturated heterocycles. The van der Waals surface area contributed by atoms with Gasteiger partial charge in [0.25, 0.3) is 10.0 Å². The lowest BCUT2D eigenvalue weighted by molar-refractivity contribution is 0.417. The maximum atomic E-state index is 13.2. The summed E-state index contributed by atoms with van der Waals surface area (Å²) >= 11 is 0. The summed E-state index contributed by atoms with van der Waals surface area (Å²) in [5.74, 6) is 0.705. The number of methoxy groups -OCH3 is 1. The van der Waals surface area contributed by atoms with Gasteiger partial charge in [-0.3, -0.25) is 4.72 Å². The highest BCUT2D eigenvalue weighted by Crippen LogP contribution is 2.27. The van der Waals surface area contributed by atoms with Gasteiger partial charge in [0.2, 0.25) is 0 Å². The highest BCUT2D eigenvalue weighted by Gasteiger charge is 2.17. The summed E-state index contributed by atoms with van der Waals surface area (Å²) in [7, 11) is -2.27. The van der Waals surface area contributed by atoms with Crippen molar-refractivity contribution < 1.29 is 17.5 Å². The molecular weight excluding hydrogens is 369 g/mol. The van der Waals surface area contributed by atoms with Crippen molar-refractivity contribution >= 4 is 27.2 Å². The van der Waals surface area contributed by atoms with Crippen LogP contribution in [0.2, 0.25) is 0 Å². The molecule has 27 heavy (non-hydrogen) atoms. The van der Waals surface area contributed by atoms with Gasteiger partial charge in [-0.25, -0.2) is 17.8 Å². The van der Waals surface area contributed by atoms with Crippen LogP contribution in [-0.2, 0) is 10.0 Å². The Labute approximate surface area is 157 Å². The molecule has 0 saturated carbocycles. The first-order valence-electron chi connectivity index (χ1n) is 8.04. The number of hydrogen-bond donors (Lipinski definition) is 2. The molecule has 1 aromatic heterocycles. The fourth-order valence-electron chi connectivity index (χ4n) is 2.54. The van der Waals surface area contributed by atoms with Gasteiger partial charge in [-0.05, 0) is 55.0 Å². The van der Waals surface area contributed by atoms with E-state index in [0.29, 0.717) is 22.8 Å². The SMILES string of the molecule is COc1ccccc1Nc1ccc(NS(=O)(=O)c2ccc(F)cc2C)cn1. The second kappa shape index (κ2) is 7.63. The summed E-state index contributed by atoms with van der Waals surface area (Å²) in [5, 5.41) is 3.11. The Bertz CT molecular complexity index is 1050. The smallest absolute Gasteiger partial charge is 0.262 e. The van der Waals surface area contributed by atoms with E-state index in [-0.39, 0.29) is 4.90 Å². The van der Waals surface area contributed by atoms with Gasteiger partial charge in [0.05, 0.1) is 29.6 Å². The van der Waals surface area contributed by atoms with Crippen LogP contribution in [0.3, 0.4) is 0 Å². The van der Waals surface area contributed by atoms with Crippen LogP contribution in [0.25, 0.3) is 0 Å². The lowest BCUT2D eigenvalue weighted by Crippen LogP contribution is -2.14. The lowest BCUT2D eigenvalue weighted by Gasteiger charge is -2.12. The molecule has 0 radical (unpaired) electrons. The number of sulfonamides is 1. The highest BCUT2D eigenvalue weighted by atomic mass is 32.2. The number of aromatic nitrogens is 1. The number of para-hydroxylation sites is 2.